The third-order valence-electron chi connectivity index (χ3n) is 3.09. The second kappa shape index (κ2) is 7.98. The zero-order chi connectivity index (χ0) is 15.4. The number of benzene rings is 2. The van der Waals surface area contributed by atoms with Crippen molar-refractivity contribution in [2.75, 3.05) is 12.8 Å². The summed E-state index contributed by atoms with van der Waals surface area (Å²) in [6, 6.07) is 11.6. The first kappa shape index (κ1) is 18.2. The minimum absolute atomic E-state index is 0. The van der Waals surface area contributed by atoms with Gasteiger partial charge in [-0.25, -0.2) is 0 Å². The summed E-state index contributed by atoms with van der Waals surface area (Å²) < 4.78 is 5.10. The van der Waals surface area contributed by atoms with Gasteiger partial charge in [0, 0.05) is 29.2 Å². The van der Waals surface area contributed by atoms with Gasteiger partial charge in [-0.15, -0.1) is 0 Å². The van der Waals surface area contributed by atoms with E-state index in [1.807, 2.05) is 0 Å². The fourth-order valence-electron chi connectivity index (χ4n) is 2.04. The Morgan fingerprint density at radius 3 is 2.36 bits per heavy atom. The zero-order valence-electron chi connectivity index (χ0n) is 12.5. The van der Waals surface area contributed by atoms with Crippen LogP contribution in [0.1, 0.15) is 21.5 Å². The van der Waals surface area contributed by atoms with E-state index < -0.39 is 5.97 Å². The molecule has 2 rings (SSSR count). The summed E-state index contributed by atoms with van der Waals surface area (Å²) in [6.45, 7) is 0. The molecule has 0 fully saturated rings. The molecule has 0 saturated heterocycles. The topological polar surface area (TPSA) is 92.4 Å². The Morgan fingerprint density at radius 2 is 1.82 bits per heavy atom. The maximum absolute atomic E-state index is 12.5. The van der Waals surface area contributed by atoms with Crippen LogP contribution >= 0.6 is 0 Å². The van der Waals surface area contributed by atoms with Crippen LogP contribution in [-0.2, 0) is 11.2 Å². The average molecular weight is 307 g/mol. The van der Waals surface area contributed by atoms with Crippen molar-refractivity contribution >= 4 is 17.4 Å². The number of carboxylic acid groups (broad SMARTS) is 1. The molecule has 0 aliphatic carbocycles. The number of aliphatic carboxylic acids is 1. The van der Waals surface area contributed by atoms with Crippen molar-refractivity contribution in [2.24, 2.45) is 0 Å². The molecule has 6 heteroatoms. The Bertz CT molecular complexity index is 686. The minimum Gasteiger partial charge on any atom is -0.550 e. The standard InChI is InChI=1S/C16H15NO4.Na/c1-21-12-7-11(8-14(18)19)15(17)13(9-12)16(20)10-5-3-2-4-6-10;/h2-7,9H,8,17H2,1H3,(H,18,19);/q;+1/p-1. The Labute approximate surface area is 150 Å². The maximum atomic E-state index is 12.5. The first-order valence-electron chi connectivity index (χ1n) is 6.29. The molecule has 0 amide bonds. The van der Waals surface area contributed by atoms with Crippen LogP contribution in [0.5, 0.6) is 5.75 Å². The third kappa shape index (κ3) is 4.10. The van der Waals surface area contributed by atoms with Gasteiger partial charge in [0.25, 0.3) is 0 Å². The van der Waals surface area contributed by atoms with Crippen LogP contribution in [0.4, 0.5) is 5.69 Å². The number of carbonyl (C=O) groups excluding carboxylic acids is 2. The van der Waals surface area contributed by atoms with Gasteiger partial charge < -0.3 is 20.4 Å². The van der Waals surface area contributed by atoms with Gasteiger partial charge >= 0.3 is 29.6 Å². The predicted octanol–water partition coefficient (Wildman–Crippen LogP) is -2.20. The summed E-state index contributed by atoms with van der Waals surface area (Å²) in [5, 5.41) is 10.8. The van der Waals surface area contributed by atoms with Crippen molar-refractivity contribution < 1.29 is 49.0 Å². The molecule has 0 aromatic heterocycles. The van der Waals surface area contributed by atoms with Gasteiger partial charge in [0.05, 0.1) is 7.11 Å². The van der Waals surface area contributed by atoms with Gasteiger partial charge in [-0.1, -0.05) is 30.3 Å². The summed E-state index contributed by atoms with van der Waals surface area (Å²) in [7, 11) is 1.44. The molecule has 0 spiro atoms. The smallest absolute Gasteiger partial charge is 0.550 e. The van der Waals surface area contributed by atoms with Crippen LogP contribution < -0.4 is 45.1 Å². The predicted molar refractivity (Wildman–Crippen MR) is 76.0 cm³/mol. The van der Waals surface area contributed by atoms with Crippen molar-refractivity contribution in [3.8, 4) is 5.75 Å². The zero-order valence-corrected chi connectivity index (χ0v) is 14.5. The third-order valence-corrected chi connectivity index (χ3v) is 3.09. The van der Waals surface area contributed by atoms with Crippen molar-refractivity contribution in [1.29, 1.82) is 0 Å². The second-order valence-electron chi connectivity index (χ2n) is 4.49. The number of methoxy groups -OCH3 is 1. The Hall–Kier alpha value is -1.82. The van der Waals surface area contributed by atoms with Gasteiger partial charge in [0.1, 0.15) is 5.75 Å². The first-order valence-corrected chi connectivity index (χ1v) is 6.29. The van der Waals surface area contributed by atoms with Gasteiger partial charge in [-0.05, 0) is 17.7 Å². The molecule has 2 aromatic carbocycles. The molecule has 108 valence electrons. The van der Waals surface area contributed by atoms with E-state index in [2.05, 4.69) is 0 Å². The van der Waals surface area contributed by atoms with E-state index in [-0.39, 0.29) is 53.0 Å². The van der Waals surface area contributed by atoms with Gasteiger partial charge in [-0.2, -0.15) is 0 Å². The number of nitrogen functional groups attached to an aromatic ring is 1. The van der Waals surface area contributed by atoms with E-state index in [4.69, 9.17) is 10.5 Å². The Balaban J connectivity index is 0.00000242. The normalized spacial score (nSPS) is 9.68. The van der Waals surface area contributed by atoms with E-state index in [1.54, 1.807) is 30.3 Å². The summed E-state index contributed by atoms with van der Waals surface area (Å²) in [5.41, 5.74) is 7.05. The number of carbonyl (C=O) groups is 2. The molecular weight excluding hydrogens is 293 g/mol. The maximum Gasteiger partial charge on any atom is 1.00 e. The first-order chi connectivity index (χ1) is 10.0. The van der Waals surface area contributed by atoms with Crippen LogP contribution in [0.25, 0.3) is 0 Å². The van der Waals surface area contributed by atoms with E-state index >= 15 is 0 Å². The number of anilines is 1. The molecule has 0 bridgehead atoms. The number of carboxylic acids is 1. The molecule has 0 heterocycles. The summed E-state index contributed by atoms with van der Waals surface area (Å²) >= 11 is 0. The molecule has 2 aromatic rings. The summed E-state index contributed by atoms with van der Waals surface area (Å²) in [5.74, 6) is -1.18. The van der Waals surface area contributed by atoms with Crippen LogP contribution in [0.3, 0.4) is 0 Å². The molecule has 0 aliphatic heterocycles. The van der Waals surface area contributed by atoms with Gasteiger partial charge in [0.2, 0.25) is 0 Å². The van der Waals surface area contributed by atoms with Crippen LogP contribution in [0.15, 0.2) is 42.5 Å². The summed E-state index contributed by atoms with van der Waals surface area (Å²) in [6.07, 6.45) is -0.377. The van der Waals surface area contributed by atoms with Crippen LogP contribution in [0, 0.1) is 0 Å². The number of nitrogens with two attached hydrogens (primary N) is 1. The molecule has 0 unspecified atom stereocenters. The van der Waals surface area contributed by atoms with Crippen LogP contribution in [0.2, 0.25) is 0 Å². The van der Waals surface area contributed by atoms with Crippen molar-refractivity contribution in [2.45, 2.75) is 6.42 Å². The van der Waals surface area contributed by atoms with Crippen molar-refractivity contribution in [3.63, 3.8) is 0 Å². The number of hydrogen-bond donors (Lipinski definition) is 1. The fraction of sp³-hybridized carbons (Fsp3) is 0.125. The Morgan fingerprint density at radius 1 is 1.18 bits per heavy atom. The SMILES string of the molecule is COc1cc(CC(=O)[O-])c(N)c(C(=O)c2ccccc2)c1.[Na+]. The number of hydrogen-bond acceptors (Lipinski definition) is 5. The monoisotopic (exact) mass is 307 g/mol. The molecule has 22 heavy (non-hydrogen) atoms. The van der Waals surface area contributed by atoms with Gasteiger partial charge in [-0.3, -0.25) is 4.79 Å². The molecule has 0 atom stereocenters. The van der Waals surface area contributed by atoms with Crippen molar-refractivity contribution in [1.82, 2.24) is 0 Å². The van der Waals surface area contributed by atoms with E-state index in [9.17, 15) is 14.7 Å². The van der Waals surface area contributed by atoms with Crippen LogP contribution in [-0.4, -0.2) is 18.9 Å². The molecule has 5 nitrogen and oxygen atoms in total. The number of rotatable bonds is 5. The van der Waals surface area contributed by atoms with Gasteiger partial charge in [0.15, 0.2) is 5.78 Å². The molecule has 2 N–H and O–H groups in total. The quantitative estimate of drug-likeness (QED) is 0.385. The van der Waals surface area contributed by atoms with E-state index in [0.29, 0.717) is 16.9 Å². The minimum atomic E-state index is -1.27. The van der Waals surface area contributed by atoms with E-state index in [1.165, 1.54) is 19.2 Å². The number of ketones is 1. The second-order valence-corrected chi connectivity index (χ2v) is 4.49. The molecular formula is C16H14NNaO4. The average Bonchev–Trinajstić information content (AvgIpc) is 2.49. The molecule has 0 aliphatic rings. The Kier molecular flexibility index (Phi) is 6.61. The molecule has 0 saturated carbocycles. The largest absolute Gasteiger partial charge is 1.00 e. The number of ether oxygens (including phenoxy) is 1. The fourth-order valence-corrected chi connectivity index (χ4v) is 2.04. The summed E-state index contributed by atoms with van der Waals surface area (Å²) in [4.78, 5) is 23.3. The van der Waals surface area contributed by atoms with Crippen molar-refractivity contribution in [3.05, 3.63) is 59.2 Å². The molecule has 0 radical (unpaired) electrons. The van der Waals surface area contributed by atoms with E-state index in [0.717, 1.165) is 0 Å².